The average molecular weight is 150 g/mol. The molecule has 1 heterocycles. The van der Waals surface area contributed by atoms with Crippen LogP contribution < -0.4 is 0 Å². The molecule has 1 saturated carbocycles. The Balaban J connectivity index is 2.38. The predicted octanol–water partition coefficient (Wildman–Crippen LogP) is 1.20. The highest BCUT2D eigenvalue weighted by Crippen LogP contribution is 2.46. The van der Waals surface area contributed by atoms with Crippen molar-refractivity contribution in [3.05, 3.63) is 11.1 Å². The molecule has 1 aliphatic rings. The first kappa shape index (κ1) is 5.87. The molecule has 0 aromatic carbocycles. The number of aromatic nitrogens is 2. The monoisotopic (exact) mass is 150 g/mol. The number of rotatable bonds is 1. The molecule has 0 spiro atoms. The molecule has 2 rings (SSSR count). The zero-order valence-corrected chi connectivity index (χ0v) is 6.19. The van der Waals surface area contributed by atoms with E-state index in [9.17, 15) is 0 Å². The third-order valence-electron chi connectivity index (χ3n) is 1.88. The Morgan fingerprint density at radius 1 is 1.70 bits per heavy atom. The molecule has 0 saturated heterocycles. The van der Waals surface area contributed by atoms with Crippen LogP contribution in [0.3, 0.4) is 0 Å². The highest BCUT2D eigenvalue weighted by Gasteiger charge is 2.44. The van der Waals surface area contributed by atoms with E-state index < -0.39 is 0 Å². The van der Waals surface area contributed by atoms with Gasteiger partial charge in [-0.05, 0) is 24.4 Å². The molecule has 2 nitrogen and oxygen atoms in total. The van der Waals surface area contributed by atoms with Crippen molar-refractivity contribution in [3.63, 3.8) is 0 Å². The van der Waals surface area contributed by atoms with Gasteiger partial charge in [-0.15, -0.1) is 11.5 Å². The Kier molecular flexibility index (Phi) is 1.06. The zero-order chi connectivity index (χ0) is 7.03. The van der Waals surface area contributed by atoms with Crippen molar-refractivity contribution in [3.8, 4) is 12.3 Å². The minimum absolute atomic E-state index is 0.0208. The van der Waals surface area contributed by atoms with Crippen LogP contribution in [0.2, 0.25) is 0 Å². The van der Waals surface area contributed by atoms with E-state index in [1.54, 1.807) is 0 Å². The summed E-state index contributed by atoms with van der Waals surface area (Å²) in [5.74, 6) is 2.76. The molecule has 1 fully saturated rings. The zero-order valence-electron chi connectivity index (χ0n) is 5.37. The van der Waals surface area contributed by atoms with Crippen LogP contribution in [0.4, 0.5) is 0 Å². The molecular formula is C7H6N2S. The lowest BCUT2D eigenvalue weighted by Gasteiger charge is -1.97. The third kappa shape index (κ3) is 0.659. The smallest absolute Gasteiger partial charge is 0.0936 e. The quantitative estimate of drug-likeness (QED) is 0.562. The average Bonchev–Trinajstić information content (AvgIpc) is 2.58. The Morgan fingerprint density at radius 3 is 2.90 bits per heavy atom. The van der Waals surface area contributed by atoms with Crippen LogP contribution in [0.15, 0.2) is 5.38 Å². The van der Waals surface area contributed by atoms with E-state index >= 15 is 0 Å². The first-order valence-corrected chi connectivity index (χ1v) is 3.96. The lowest BCUT2D eigenvalue weighted by atomic mass is 10.1. The van der Waals surface area contributed by atoms with E-state index in [1.807, 2.05) is 5.38 Å². The van der Waals surface area contributed by atoms with Crippen molar-refractivity contribution in [1.82, 2.24) is 9.59 Å². The lowest BCUT2D eigenvalue weighted by Crippen LogP contribution is -2.02. The Bertz CT molecular complexity index is 266. The summed E-state index contributed by atoms with van der Waals surface area (Å²) in [5, 5.41) is 5.88. The van der Waals surface area contributed by atoms with Crippen molar-refractivity contribution in [2.24, 2.45) is 0 Å². The van der Waals surface area contributed by atoms with E-state index in [0.29, 0.717) is 0 Å². The van der Waals surface area contributed by atoms with E-state index in [2.05, 4.69) is 15.5 Å². The van der Waals surface area contributed by atoms with Gasteiger partial charge in [0.25, 0.3) is 0 Å². The Labute approximate surface area is 63.4 Å². The normalized spacial score (nSPS) is 19.9. The first-order chi connectivity index (χ1) is 4.87. The van der Waals surface area contributed by atoms with Gasteiger partial charge in [-0.1, -0.05) is 10.4 Å². The predicted molar refractivity (Wildman–Crippen MR) is 39.7 cm³/mol. The van der Waals surface area contributed by atoms with E-state index in [4.69, 9.17) is 6.42 Å². The van der Waals surface area contributed by atoms with Crippen LogP contribution in [0.5, 0.6) is 0 Å². The fourth-order valence-corrected chi connectivity index (χ4v) is 1.53. The second kappa shape index (κ2) is 1.80. The maximum atomic E-state index is 5.35. The van der Waals surface area contributed by atoms with E-state index in [1.165, 1.54) is 11.5 Å². The summed E-state index contributed by atoms with van der Waals surface area (Å²) in [6, 6.07) is 0. The standard InChI is InChI=1S/C7H6N2S/c1-2-7(3-4-7)6-5-10-9-8-6/h1,5H,3-4H2. The molecule has 0 amide bonds. The highest BCUT2D eigenvalue weighted by atomic mass is 32.1. The summed E-state index contributed by atoms with van der Waals surface area (Å²) >= 11 is 1.37. The molecular weight excluding hydrogens is 144 g/mol. The second-order valence-corrected chi connectivity index (χ2v) is 3.13. The van der Waals surface area contributed by atoms with Crippen molar-refractivity contribution in [1.29, 1.82) is 0 Å². The Hall–Kier alpha value is -0.880. The summed E-state index contributed by atoms with van der Waals surface area (Å²) in [4.78, 5) is 0. The third-order valence-corrected chi connectivity index (χ3v) is 2.38. The minimum Gasteiger partial charge on any atom is -0.142 e. The fourth-order valence-electron chi connectivity index (χ4n) is 0.973. The van der Waals surface area contributed by atoms with Crippen molar-refractivity contribution in [2.45, 2.75) is 18.3 Å². The van der Waals surface area contributed by atoms with Crippen LogP contribution in [0.25, 0.3) is 0 Å². The van der Waals surface area contributed by atoms with Crippen molar-refractivity contribution < 1.29 is 0 Å². The summed E-state index contributed by atoms with van der Waals surface area (Å²) in [6.07, 6.45) is 7.50. The number of hydrogen-bond acceptors (Lipinski definition) is 3. The van der Waals surface area contributed by atoms with Gasteiger partial charge in [0.2, 0.25) is 0 Å². The number of hydrogen-bond donors (Lipinski definition) is 0. The van der Waals surface area contributed by atoms with Crippen LogP contribution in [-0.4, -0.2) is 9.59 Å². The Morgan fingerprint density at radius 2 is 2.50 bits per heavy atom. The largest absolute Gasteiger partial charge is 0.142 e. The molecule has 0 atom stereocenters. The second-order valence-electron chi connectivity index (χ2n) is 2.52. The van der Waals surface area contributed by atoms with Crippen LogP contribution in [-0.2, 0) is 5.41 Å². The summed E-state index contributed by atoms with van der Waals surface area (Å²) < 4.78 is 3.77. The van der Waals surface area contributed by atoms with Gasteiger partial charge in [0.15, 0.2) is 0 Å². The van der Waals surface area contributed by atoms with Crippen molar-refractivity contribution >= 4 is 11.5 Å². The van der Waals surface area contributed by atoms with Gasteiger partial charge in [-0.2, -0.15) is 0 Å². The topological polar surface area (TPSA) is 25.8 Å². The number of nitrogens with zero attached hydrogens (tertiary/aromatic N) is 2. The van der Waals surface area contributed by atoms with Gasteiger partial charge in [0.1, 0.15) is 0 Å². The minimum atomic E-state index is -0.0208. The number of terminal acetylenes is 1. The van der Waals surface area contributed by atoms with Gasteiger partial charge in [-0.3, -0.25) is 0 Å². The maximum absolute atomic E-state index is 5.35. The lowest BCUT2D eigenvalue weighted by molar-refractivity contribution is 0.855. The van der Waals surface area contributed by atoms with Gasteiger partial charge < -0.3 is 0 Å². The summed E-state index contributed by atoms with van der Waals surface area (Å²) in [5.41, 5.74) is 0.965. The highest BCUT2D eigenvalue weighted by molar-refractivity contribution is 7.03. The van der Waals surface area contributed by atoms with Crippen LogP contribution in [0, 0.1) is 12.3 Å². The van der Waals surface area contributed by atoms with Crippen LogP contribution in [0.1, 0.15) is 18.5 Å². The molecule has 50 valence electrons. The molecule has 10 heavy (non-hydrogen) atoms. The molecule has 1 aliphatic carbocycles. The fraction of sp³-hybridized carbons (Fsp3) is 0.429. The van der Waals surface area contributed by atoms with Gasteiger partial charge in [0.05, 0.1) is 11.1 Å². The van der Waals surface area contributed by atoms with Crippen molar-refractivity contribution in [2.75, 3.05) is 0 Å². The van der Waals surface area contributed by atoms with Gasteiger partial charge >= 0.3 is 0 Å². The van der Waals surface area contributed by atoms with Gasteiger partial charge in [-0.25, -0.2) is 0 Å². The summed E-state index contributed by atoms with van der Waals surface area (Å²) in [7, 11) is 0. The molecule has 0 radical (unpaired) electrons. The molecule has 0 aliphatic heterocycles. The van der Waals surface area contributed by atoms with Gasteiger partial charge in [0, 0.05) is 5.38 Å². The maximum Gasteiger partial charge on any atom is 0.0936 e. The summed E-state index contributed by atoms with van der Waals surface area (Å²) in [6.45, 7) is 0. The first-order valence-electron chi connectivity index (χ1n) is 3.13. The van der Waals surface area contributed by atoms with Crippen LogP contribution >= 0.6 is 11.5 Å². The SMILES string of the molecule is C#CC1(c2csnn2)CC1. The molecule has 0 unspecified atom stereocenters. The molecule has 1 aromatic heterocycles. The molecule has 0 bridgehead atoms. The molecule has 1 aromatic rings. The van der Waals surface area contributed by atoms with E-state index in [0.717, 1.165) is 18.5 Å². The van der Waals surface area contributed by atoms with E-state index in [-0.39, 0.29) is 5.41 Å². The molecule has 0 N–H and O–H groups in total. The molecule has 3 heteroatoms.